The first-order chi connectivity index (χ1) is 13.0. The maximum absolute atomic E-state index is 11.5. The van der Waals surface area contributed by atoms with Crippen LogP contribution in [-0.4, -0.2) is 60.7 Å². The summed E-state index contributed by atoms with van der Waals surface area (Å²) in [6.07, 6.45) is 22.3. The summed E-state index contributed by atoms with van der Waals surface area (Å²) in [7, 11) is -3.99. The molecule has 0 rings (SSSR count). The molecular weight excluding hydrogens is 385 g/mol. The summed E-state index contributed by atoms with van der Waals surface area (Å²) in [6, 6.07) is 0. The zero-order valence-electron chi connectivity index (χ0n) is 18.3. The number of carbonyl (C=O) groups is 1. The summed E-state index contributed by atoms with van der Waals surface area (Å²) in [6.45, 7) is 2.23. The van der Waals surface area contributed by atoms with Crippen LogP contribution < -0.4 is 5.32 Å². The van der Waals surface area contributed by atoms with Crippen molar-refractivity contribution in [2.45, 2.75) is 103 Å². The van der Waals surface area contributed by atoms with Gasteiger partial charge in [0.25, 0.3) is 10.1 Å². The van der Waals surface area contributed by atoms with Crippen molar-refractivity contribution >= 4 is 45.6 Å². The van der Waals surface area contributed by atoms with Gasteiger partial charge in [0.1, 0.15) is 0 Å². The summed E-state index contributed by atoms with van der Waals surface area (Å²) in [4.78, 5) is 11.5. The quantitative estimate of drug-likeness (QED) is 0.131. The Labute approximate surface area is 195 Å². The summed E-state index contributed by atoms with van der Waals surface area (Å²) < 4.78 is 29.6. The van der Waals surface area contributed by atoms with Crippen LogP contribution in [0.25, 0.3) is 0 Å². The molecule has 161 valence electrons. The van der Waals surface area contributed by atoms with Crippen LogP contribution in [0.2, 0.25) is 0 Å². The minimum Gasteiger partial charge on any atom is -0.355 e. The normalized spacial score (nSPS) is 11.5. The number of nitrogens with one attached hydrogen (secondary N) is 1. The minimum atomic E-state index is -3.99. The standard InChI is InChI=1S/C21H41NO4S.Na/c1-2-3-4-5-6-7-8-9-10-11-12-13-14-15-16-17-18-21(23)22-19-20-27(24,25)26;/h10-11H,2-9,12-20H2,1H3,(H,22,23)(H,24,25,26);. The van der Waals surface area contributed by atoms with Gasteiger partial charge in [0.15, 0.2) is 0 Å². The second kappa shape index (κ2) is 21.8. The van der Waals surface area contributed by atoms with Crippen molar-refractivity contribution in [3.8, 4) is 0 Å². The van der Waals surface area contributed by atoms with Crippen LogP contribution in [0.1, 0.15) is 103 Å². The van der Waals surface area contributed by atoms with Gasteiger partial charge in [-0.15, -0.1) is 0 Å². The molecule has 0 saturated carbocycles. The second-order valence-electron chi connectivity index (χ2n) is 7.32. The molecule has 0 fully saturated rings. The van der Waals surface area contributed by atoms with Crippen LogP contribution in [0.15, 0.2) is 12.2 Å². The Bertz CT molecular complexity index is 481. The first-order valence-corrected chi connectivity index (χ1v) is 12.4. The summed E-state index contributed by atoms with van der Waals surface area (Å²) in [5, 5.41) is 2.50. The average molecular weight is 427 g/mol. The molecule has 0 aromatic carbocycles. The Morgan fingerprint density at radius 2 is 1.29 bits per heavy atom. The SMILES string of the molecule is CCCCCCCCCC=CCCCCCCCC(=O)NCCS(=O)(=O)O.[Na]. The van der Waals surface area contributed by atoms with Crippen LogP contribution >= 0.6 is 0 Å². The number of rotatable bonds is 19. The smallest absolute Gasteiger partial charge is 0.266 e. The Balaban J connectivity index is 0. The fourth-order valence-electron chi connectivity index (χ4n) is 2.94. The number of unbranched alkanes of at least 4 members (excludes halogenated alkanes) is 12. The molecule has 0 heterocycles. The van der Waals surface area contributed by atoms with E-state index in [0.717, 1.165) is 25.7 Å². The first kappa shape index (κ1) is 30.3. The molecule has 2 N–H and O–H groups in total. The number of allylic oxidation sites excluding steroid dienone is 2. The van der Waals surface area contributed by atoms with Gasteiger partial charge in [-0.2, -0.15) is 8.42 Å². The molecule has 7 heteroatoms. The van der Waals surface area contributed by atoms with E-state index in [1.54, 1.807) is 0 Å². The third-order valence-corrected chi connectivity index (χ3v) is 5.32. The van der Waals surface area contributed by atoms with Gasteiger partial charge >= 0.3 is 0 Å². The number of hydrogen-bond acceptors (Lipinski definition) is 3. The van der Waals surface area contributed by atoms with Gasteiger partial charge in [-0.25, -0.2) is 0 Å². The van der Waals surface area contributed by atoms with E-state index < -0.39 is 15.9 Å². The molecule has 5 nitrogen and oxygen atoms in total. The zero-order valence-corrected chi connectivity index (χ0v) is 21.1. The van der Waals surface area contributed by atoms with E-state index in [2.05, 4.69) is 24.4 Å². The van der Waals surface area contributed by atoms with E-state index >= 15 is 0 Å². The van der Waals surface area contributed by atoms with Gasteiger partial charge in [-0.05, 0) is 32.1 Å². The van der Waals surface area contributed by atoms with E-state index in [-0.39, 0.29) is 42.0 Å². The molecule has 1 radical (unpaired) electrons. The van der Waals surface area contributed by atoms with Crippen LogP contribution in [0.4, 0.5) is 0 Å². The second-order valence-corrected chi connectivity index (χ2v) is 8.90. The van der Waals surface area contributed by atoms with Crippen LogP contribution in [-0.2, 0) is 14.9 Å². The fraction of sp³-hybridized carbons (Fsp3) is 0.857. The molecule has 0 spiro atoms. The monoisotopic (exact) mass is 426 g/mol. The Morgan fingerprint density at radius 3 is 1.79 bits per heavy atom. The van der Waals surface area contributed by atoms with Crippen molar-refractivity contribution in [3.05, 3.63) is 12.2 Å². The Morgan fingerprint density at radius 1 is 0.821 bits per heavy atom. The molecule has 0 saturated heterocycles. The van der Waals surface area contributed by atoms with Gasteiger partial charge in [0.05, 0.1) is 5.75 Å². The van der Waals surface area contributed by atoms with Crippen molar-refractivity contribution in [1.82, 2.24) is 5.32 Å². The van der Waals surface area contributed by atoms with E-state index in [9.17, 15) is 13.2 Å². The first-order valence-electron chi connectivity index (χ1n) is 10.8. The maximum atomic E-state index is 11.5. The van der Waals surface area contributed by atoms with E-state index in [1.807, 2.05) is 0 Å². The van der Waals surface area contributed by atoms with Gasteiger partial charge in [0, 0.05) is 42.5 Å². The summed E-state index contributed by atoms with van der Waals surface area (Å²) in [5.74, 6) is -0.572. The van der Waals surface area contributed by atoms with Crippen molar-refractivity contribution in [2.75, 3.05) is 12.3 Å². The summed E-state index contributed by atoms with van der Waals surface area (Å²) in [5.41, 5.74) is 0. The van der Waals surface area contributed by atoms with Crippen LogP contribution in [0.5, 0.6) is 0 Å². The molecule has 1 amide bonds. The molecule has 0 unspecified atom stereocenters. The van der Waals surface area contributed by atoms with Crippen molar-refractivity contribution in [1.29, 1.82) is 0 Å². The molecule has 0 aliphatic rings. The number of amides is 1. The largest absolute Gasteiger partial charge is 0.355 e. The van der Waals surface area contributed by atoms with Crippen molar-refractivity contribution in [3.63, 3.8) is 0 Å². The van der Waals surface area contributed by atoms with Gasteiger partial charge in [-0.3, -0.25) is 9.35 Å². The third-order valence-electron chi connectivity index (χ3n) is 4.60. The van der Waals surface area contributed by atoms with Crippen LogP contribution in [0, 0.1) is 0 Å². The molecule has 28 heavy (non-hydrogen) atoms. The summed E-state index contributed by atoms with van der Waals surface area (Å²) >= 11 is 0. The van der Waals surface area contributed by atoms with E-state index in [1.165, 1.54) is 64.2 Å². The molecule has 0 bridgehead atoms. The number of hydrogen-bond donors (Lipinski definition) is 2. The van der Waals surface area contributed by atoms with Gasteiger partial charge in [0.2, 0.25) is 5.91 Å². The molecule has 0 aromatic rings. The molecular formula is C21H41NNaO4S. The van der Waals surface area contributed by atoms with Crippen molar-refractivity contribution < 1.29 is 17.8 Å². The molecule has 0 aromatic heterocycles. The number of carbonyl (C=O) groups excluding carboxylic acids is 1. The topological polar surface area (TPSA) is 83.5 Å². The van der Waals surface area contributed by atoms with E-state index in [4.69, 9.17) is 4.55 Å². The molecule has 0 aliphatic heterocycles. The predicted molar refractivity (Wildman–Crippen MR) is 119 cm³/mol. The third kappa shape index (κ3) is 26.1. The average Bonchev–Trinajstić information content (AvgIpc) is 2.60. The Kier molecular flexibility index (Phi) is 23.6. The van der Waals surface area contributed by atoms with Gasteiger partial charge in [-0.1, -0.05) is 76.9 Å². The maximum Gasteiger partial charge on any atom is 0.266 e. The minimum absolute atomic E-state index is 0. The van der Waals surface area contributed by atoms with Crippen LogP contribution in [0.3, 0.4) is 0 Å². The molecule has 0 atom stereocenters. The van der Waals surface area contributed by atoms with Crippen molar-refractivity contribution in [2.24, 2.45) is 0 Å². The zero-order chi connectivity index (χ0) is 20.2. The molecule has 0 aliphatic carbocycles. The Hall–Kier alpha value is 0.120. The fourth-order valence-corrected chi connectivity index (χ4v) is 3.30. The predicted octanol–water partition coefficient (Wildman–Crippen LogP) is 5.04. The van der Waals surface area contributed by atoms with E-state index in [0.29, 0.717) is 6.42 Å². The van der Waals surface area contributed by atoms with Gasteiger partial charge < -0.3 is 5.32 Å².